The minimum absolute atomic E-state index is 0.0105. The number of pyridine rings is 1. The summed E-state index contributed by atoms with van der Waals surface area (Å²) in [6.07, 6.45) is 4.64. The van der Waals surface area contributed by atoms with Gasteiger partial charge in [0.15, 0.2) is 0 Å². The molecule has 1 amide bonds. The summed E-state index contributed by atoms with van der Waals surface area (Å²) in [5, 5.41) is 5.98. The minimum atomic E-state index is -0.0105. The molecule has 3 rings (SSSR count). The van der Waals surface area contributed by atoms with Crippen LogP contribution in [-0.2, 0) is 24.3 Å². The quantitative estimate of drug-likeness (QED) is 0.885. The van der Waals surface area contributed by atoms with Crippen molar-refractivity contribution in [3.63, 3.8) is 0 Å². The van der Waals surface area contributed by atoms with Crippen LogP contribution >= 0.6 is 11.3 Å². The highest BCUT2D eigenvalue weighted by atomic mass is 32.1. The second-order valence-electron chi connectivity index (χ2n) is 5.49. The minimum Gasteiger partial charge on any atom is -0.350 e. The first kappa shape index (κ1) is 15.1. The lowest BCUT2D eigenvalue weighted by molar-refractivity contribution is -0.120. The lowest BCUT2D eigenvalue weighted by Gasteiger charge is -2.11. The van der Waals surface area contributed by atoms with Crippen molar-refractivity contribution in [1.82, 2.24) is 20.2 Å². The summed E-state index contributed by atoms with van der Waals surface area (Å²) >= 11 is 1.65. The van der Waals surface area contributed by atoms with Gasteiger partial charge in [-0.05, 0) is 38.1 Å². The predicted molar refractivity (Wildman–Crippen MR) is 86.4 cm³/mol. The molecule has 0 saturated carbocycles. The van der Waals surface area contributed by atoms with Crippen LogP contribution in [0.2, 0.25) is 0 Å². The molecule has 1 aliphatic heterocycles. The fourth-order valence-electron chi connectivity index (χ4n) is 2.55. The summed E-state index contributed by atoms with van der Waals surface area (Å²) in [7, 11) is 0. The van der Waals surface area contributed by atoms with Gasteiger partial charge in [-0.2, -0.15) is 0 Å². The third kappa shape index (κ3) is 4.35. The van der Waals surface area contributed by atoms with Crippen molar-refractivity contribution in [1.29, 1.82) is 0 Å². The standard InChI is InChI=1S/C16H20N4OS/c21-15(18-10-13-5-1-2-6-17-13)9-14-12-22-16(19-14)11-20-7-3-4-8-20/h1-2,5-6,12H,3-4,7-11H2,(H,18,21). The Morgan fingerprint density at radius 3 is 2.91 bits per heavy atom. The van der Waals surface area contributed by atoms with Crippen molar-refractivity contribution >= 4 is 17.2 Å². The number of carbonyl (C=O) groups excluding carboxylic acids is 1. The SMILES string of the molecule is O=C(Cc1csc(CN2CCCC2)n1)NCc1ccccn1. The molecule has 0 spiro atoms. The fourth-order valence-corrected chi connectivity index (χ4v) is 3.39. The summed E-state index contributed by atoms with van der Waals surface area (Å²) in [6, 6.07) is 5.68. The van der Waals surface area contributed by atoms with Crippen molar-refractivity contribution in [2.45, 2.75) is 32.4 Å². The lowest BCUT2D eigenvalue weighted by atomic mass is 10.3. The van der Waals surface area contributed by atoms with Crippen LogP contribution in [-0.4, -0.2) is 33.9 Å². The van der Waals surface area contributed by atoms with E-state index in [4.69, 9.17) is 0 Å². The Labute approximate surface area is 134 Å². The summed E-state index contributed by atoms with van der Waals surface area (Å²) in [4.78, 5) is 23.1. The molecule has 0 atom stereocenters. The Morgan fingerprint density at radius 1 is 1.27 bits per heavy atom. The highest BCUT2D eigenvalue weighted by Crippen LogP contribution is 2.16. The monoisotopic (exact) mass is 316 g/mol. The number of aromatic nitrogens is 2. The van der Waals surface area contributed by atoms with Crippen LogP contribution in [0, 0.1) is 0 Å². The number of carbonyl (C=O) groups is 1. The van der Waals surface area contributed by atoms with Crippen LogP contribution in [0.3, 0.4) is 0 Å². The van der Waals surface area contributed by atoms with Gasteiger partial charge in [0.1, 0.15) is 5.01 Å². The average molecular weight is 316 g/mol. The largest absolute Gasteiger partial charge is 0.350 e. The Hall–Kier alpha value is -1.79. The molecule has 1 fully saturated rings. The van der Waals surface area contributed by atoms with Gasteiger partial charge in [-0.15, -0.1) is 11.3 Å². The maximum absolute atomic E-state index is 12.0. The molecule has 0 aromatic carbocycles. The topological polar surface area (TPSA) is 58.1 Å². The summed E-state index contributed by atoms with van der Waals surface area (Å²) < 4.78 is 0. The van der Waals surface area contributed by atoms with Crippen LogP contribution < -0.4 is 5.32 Å². The average Bonchev–Trinajstić information content (AvgIpc) is 3.19. The van der Waals surface area contributed by atoms with E-state index < -0.39 is 0 Å². The Balaban J connectivity index is 1.46. The van der Waals surface area contributed by atoms with Crippen molar-refractivity contribution < 1.29 is 4.79 Å². The van der Waals surface area contributed by atoms with Crippen molar-refractivity contribution in [3.05, 3.63) is 46.2 Å². The first-order chi connectivity index (χ1) is 10.8. The fraction of sp³-hybridized carbons (Fsp3) is 0.438. The van der Waals surface area contributed by atoms with Gasteiger partial charge < -0.3 is 5.32 Å². The molecule has 2 aromatic heterocycles. The van der Waals surface area contributed by atoms with Gasteiger partial charge in [-0.1, -0.05) is 6.07 Å². The molecule has 0 bridgehead atoms. The third-order valence-electron chi connectivity index (χ3n) is 3.69. The molecule has 116 valence electrons. The molecular formula is C16H20N4OS. The zero-order chi connectivity index (χ0) is 15.2. The molecule has 6 heteroatoms. The van der Waals surface area contributed by atoms with Gasteiger partial charge in [-0.25, -0.2) is 4.98 Å². The molecule has 5 nitrogen and oxygen atoms in total. The van der Waals surface area contributed by atoms with E-state index in [-0.39, 0.29) is 5.91 Å². The van der Waals surface area contributed by atoms with Crippen LogP contribution in [0.5, 0.6) is 0 Å². The molecule has 0 unspecified atom stereocenters. The number of hydrogen-bond donors (Lipinski definition) is 1. The van der Waals surface area contributed by atoms with E-state index in [9.17, 15) is 4.79 Å². The maximum Gasteiger partial charge on any atom is 0.226 e. The van der Waals surface area contributed by atoms with Crippen molar-refractivity contribution in [2.75, 3.05) is 13.1 Å². The Kier molecular flexibility index (Phi) is 5.13. The van der Waals surface area contributed by atoms with Gasteiger partial charge in [-0.3, -0.25) is 14.7 Å². The third-order valence-corrected chi connectivity index (χ3v) is 4.57. The normalized spacial score (nSPS) is 15.1. The highest BCUT2D eigenvalue weighted by Gasteiger charge is 2.14. The first-order valence-corrected chi connectivity index (χ1v) is 8.50. The van der Waals surface area contributed by atoms with E-state index in [1.807, 2.05) is 23.6 Å². The van der Waals surface area contributed by atoms with Crippen LogP contribution in [0.4, 0.5) is 0 Å². The van der Waals surface area contributed by atoms with Crippen molar-refractivity contribution in [3.8, 4) is 0 Å². The van der Waals surface area contributed by atoms with E-state index >= 15 is 0 Å². The first-order valence-electron chi connectivity index (χ1n) is 7.62. The van der Waals surface area contributed by atoms with Gasteiger partial charge in [0.2, 0.25) is 5.91 Å². The maximum atomic E-state index is 12.0. The van der Waals surface area contributed by atoms with Crippen LogP contribution in [0.1, 0.15) is 29.2 Å². The summed E-state index contributed by atoms with van der Waals surface area (Å²) in [5.41, 5.74) is 1.72. The molecule has 1 saturated heterocycles. The Morgan fingerprint density at radius 2 is 2.14 bits per heavy atom. The summed E-state index contributed by atoms with van der Waals surface area (Å²) in [5.74, 6) is -0.0105. The van der Waals surface area contributed by atoms with E-state index in [0.29, 0.717) is 13.0 Å². The van der Waals surface area contributed by atoms with Gasteiger partial charge >= 0.3 is 0 Å². The zero-order valence-corrected chi connectivity index (χ0v) is 13.3. The molecule has 2 aromatic rings. The van der Waals surface area contributed by atoms with Gasteiger partial charge in [0, 0.05) is 11.6 Å². The van der Waals surface area contributed by atoms with Gasteiger partial charge in [0.25, 0.3) is 0 Å². The number of rotatable bonds is 6. The Bertz CT molecular complexity index is 608. The molecule has 22 heavy (non-hydrogen) atoms. The summed E-state index contributed by atoms with van der Waals surface area (Å²) in [6.45, 7) is 3.71. The second-order valence-corrected chi connectivity index (χ2v) is 6.43. The van der Waals surface area contributed by atoms with Crippen LogP contribution in [0.25, 0.3) is 0 Å². The highest BCUT2D eigenvalue weighted by molar-refractivity contribution is 7.09. The molecule has 0 aliphatic carbocycles. The van der Waals surface area contributed by atoms with Crippen LogP contribution in [0.15, 0.2) is 29.8 Å². The molecule has 1 aliphatic rings. The molecule has 3 heterocycles. The van der Waals surface area contributed by atoms with Crippen molar-refractivity contribution in [2.24, 2.45) is 0 Å². The smallest absolute Gasteiger partial charge is 0.226 e. The number of hydrogen-bond acceptors (Lipinski definition) is 5. The lowest BCUT2D eigenvalue weighted by Crippen LogP contribution is -2.25. The second kappa shape index (κ2) is 7.47. The number of thiazole rings is 1. The van der Waals surface area contributed by atoms with E-state index in [0.717, 1.165) is 22.9 Å². The number of amides is 1. The van der Waals surface area contributed by atoms with E-state index in [1.54, 1.807) is 17.5 Å². The van der Waals surface area contributed by atoms with E-state index in [1.165, 1.54) is 25.9 Å². The molecule has 0 radical (unpaired) electrons. The zero-order valence-electron chi connectivity index (χ0n) is 12.5. The van der Waals surface area contributed by atoms with E-state index in [2.05, 4.69) is 20.2 Å². The van der Waals surface area contributed by atoms with Gasteiger partial charge in [0.05, 0.1) is 30.9 Å². The molecule has 1 N–H and O–H groups in total. The number of likely N-dealkylation sites (tertiary alicyclic amines) is 1. The molecular weight excluding hydrogens is 296 g/mol. The predicted octanol–water partition coefficient (Wildman–Crippen LogP) is 1.99. The number of nitrogens with one attached hydrogen (secondary N) is 1. The number of nitrogens with zero attached hydrogens (tertiary/aromatic N) is 3.